The van der Waals surface area contributed by atoms with E-state index in [2.05, 4.69) is 20.5 Å². The van der Waals surface area contributed by atoms with Crippen LogP contribution in [0.15, 0.2) is 42.6 Å². The Morgan fingerprint density at radius 1 is 1.16 bits per heavy atom. The number of nitrogens with zero attached hydrogens (tertiary/aromatic N) is 5. The lowest BCUT2D eigenvalue weighted by atomic mass is 10.1. The van der Waals surface area contributed by atoms with Crippen LogP contribution in [0, 0.1) is 13.8 Å². The molecule has 1 N–H and O–H groups in total. The van der Waals surface area contributed by atoms with Gasteiger partial charge in [0.25, 0.3) is 0 Å². The Balaban J connectivity index is 1.52. The average Bonchev–Trinajstić information content (AvgIpc) is 3.26. The molecule has 32 heavy (non-hydrogen) atoms. The molecule has 0 spiro atoms. The van der Waals surface area contributed by atoms with Crippen molar-refractivity contribution in [2.45, 2.75) is 33.1 Å². The normalized spacial score (nSPS) is 11.8. The van der Waals surface area contributed by atoms with Crippen molar-refractivity contribution in [1.29, 1.82) is 0 Å². The van der Waals surface area contributed by atoms with Gasteiger partial charge in [-0.1, -0.05) is 29.8 Å². The van der Waals surface area contributed by atoms with Crippen molar-refractivity contribution in [1.82, 2.24) is 24.5 Å². The molecule has 4 aromatic rings. The molecule has 3 heterocycles. The molecule has 3 aromatic heterocycles. The van der Waals surface area contributed by atoms with Gasteiger partial charge in [0, 0.05) is 23.0 Å². The zero-order valence-corrected chi connectivity index (χ0v) is 17.9. The van der Waals surface area contributed by atoms with Crippen LogP contribution >= 0.6 is 11.6 Å². The summed E-state index contributed by atoms with van der Waals surface area (Å²) in [6.45, 7) is 3.03. The van der Waals surface area contributed by atoms with Crippen LogP contribution in [0.4, 0.5) is 19.0 Å². The number of rotatable bonds is 5. The fraction of sp³-hybridized carbons (Fsp3) is 0.238. The number of carbonyl (C=O) groups excluding carboxylic acids is 1. The molecule has 1 aromatic carbocycles. The van der Waals surface area contributed by atoms with Crippen LogP contribution in [0.25, 0.3) is 11.0 Å². The Morgan fingerprint density at radius 2 is 1.91 bits per heavy atom. The summed E-state index contributed by atoms with van der Waals surface area (Å²) in [5.41, 5.74) is 0.397. The summed E-state index contributed by atoms with van der Waals surface area (Å²) in [5, 5.41) is 11.5. The first-order valence-corrected chi connectivity index (χ1v) is 9.98. The molecule has 166 valence electrons. The predicted octanol–water partition coefficient (Wildman–Crippen LogP) is 4.60. The molecule has 0 aliphatic carbocycles. The highest BCUT2D eigenvalue weighted by molar-refractivity contribution is 6.31. The quantitative estimate of drug-likeness (QED) is 0.470. The van der Waals surface area contributed by atoms with Gasteiger partial charge in [-0.2, -0.15) is 23.4 Å². The van der Waals surface area contributed by atoms with Crippen LogP contribution in [-0.4, -0.2) is 30.5 Å². The number of hydrogen-bond acceptors (Lipinski definition) is 4. The van der Waals surface area contributed by atoms with Gasteiger partial charge in [0.2, 0.25) is 5.91 Å². The maximum absolute atomic E-state index is 13.5. The van der Waals surface area contributed by atoms with E-state index in [0.717, 1.165) is 11.6 Å². The van der Waals surface area contributed by atoms with Crippen molar-refractivity contribution < 1.29 is 18.0 Å². The van der Waals surface area contributed by atoms with E-state index in [-0.39, 0.29) is 29.0 Å². The van der Waals surface area contributed by atoms with E-state index in [9.17, 15) is 18.0 Å². The third-order valence-corrected chi connectivity index (χ3v) is 5.17. The Bertz CT molecular complexity index is 1310. The third kappa shape index (κ3) is 4.45. The fourth-order valence-electron chi connectivity index (χ4n) is 3.45. The molecular weight excluding hydrogens is 445 g/mol. The van der Waals surface area contributed by atoms with E-state index in [1.165, 1.54) is 18.5 Å². The first kappa shape index (κ1) is 21.8. The zero-order chi connectivity index (χ0) is 23.0. The Labute approximate surface area is 185 Å². The number of alkyl halides is 3. The van der Waals surface area contributed by atoms with Gasteiger partial charge in [0.1, 0.15) is 6.54 Å². The number of nitrogens with one attached hydrogen (secondary N) is 1. The molecule has 0 saturated carbocycles. The van der Waals surface area contributed by atoms with E-state index in [1.54, 1.807) is 23.0 Å². The topological polar surface area (TPSA) is 77.6 Å². The van der Waals surface area contributed by atoms with Crippen molar-refractivity contribution >= 4 is 34.4 Å². The minimum atomic E-state index is -4.55. The second kappa shape index (κ2) is 8.27. The summed E-state index contributed by atoms with van der Waals surface area (Å²) in [4.78, 5) is 16.7. The van der Waals surface area contributed by atoms with Gasteiger partial charge in [-0.25, -0.2) is 9.67 Å². The minimum Gasteiger partial charge on any atom is -0.308 e. The molecule has 7 nitrogen and oxygen atoms in total. The number of anilines is 1. The third-order valence-electron chi connectivity index (χ3n) is 4.80. The van der Waals surface area contributed by atoms with Crippen molar-refractivity contribution in [3.8, 4) is 0 Å². The number of fused-ring (bicyclic) bond motifs is 1. The van der Waals surface area contributed by atoms with Gasteiger partial charge in [-0.15, -0.1) is 0 Å². The molecular formula is C21H18ClF3N6O. The number of pyridine rings is 1. The highest BCUT2D eigenvalue weighted by Gasteiger charge is 2.35. The van der Waals surface area contributed by atoms with Crippen LogP contribution < -0.4 is 5.32 Å². The molecule has 4 rings (SSSR count). The summed E-state index contributed by atoms with van der Waals surface area (Å²) >= 11 is 6.16. The Hall–Kier alpha value is -3.40. The average molecular weight is 463 g/mol. The van der Waals surface area contributed by atoms with Crippen LogP contribution in [-0.2, 0) is 24.1 Å². The fourth-order valence-corrected chi connectivity index (χ4v) is 3.64. The van der Waals surface area contributed by atoms with Crippen molar-refractivity contribution in [3.05, 3.63) is 70.1 Å². The number of aromatic nitrogens is 5. The summed E-state index contributed by atoms with van der Waals surface area (Å²) in [5.74, 6) is -0.190. The lowest BCUT2D eigenvalue weighted by molar-refractivity contribution is -0.136. The molecule has 0 unspecified atom stereocenters. The van der Waals surface area contributed by atoms with Crippen molar-refractivity contribution in [2.24, 2.45) is 0 Å². The number of carbonyl (C=O) groups is 1. The van der Waals surface area contributed by atoms with E-state index >= 15 is 0 Å². The largest absolute Gasteiger partial charge is 0.417 e. The van der Waals surface area contributed by atoms with Gasteiger partial charge in [-0.3, -0.25) is 9.48 Å². The van der Waals surface area contributed by atoms with E-state index < -0.39 is 17.6 Å². The van der Waals surface area contributed by atoms with Crippen LogP contribution in [0.5, 0.6) is 0 Å². The first-order valence-electron chi connectivity index (χ1n) is 9.60. The molecule has 0 aliphatic rings. The summed E-state index contributed by atoms with van der Waals surface area (Å²) in [6.07, 6.45) is -2.87. The summed E-state index contributed by atoms with van der Waals surface area (Å²) in [7, 11) is 0. The number of benzene rings is 1. The SMILES string of the molecule is Cc1cc(C(F)(F)F)c2c(C)nn(CC(=O)Nc3ccn(Cc4ccccc4Cl)n3)c2n1. The highest BCUT2D eigenvalue weighted by Crippen LogP contribution is 2.36. The lowest BCUT2D eigenvalue weighted by Crippen LogP contribution is -2.20. The molecule has 1 amide bonds. The standard InChI is InChI=1S/C21H18ClF3N6O/c1-12-9-15(21(23,24)25)19-13(2)28-31(20(19)26-12)11-18(32)27-17-7-8-30(29-17)10-14-5-3-4-6-16(14)22/h3-9H,10-11H2,1-2H3,(H,27,29,32). The predicted molar refractivity (Wildman–Crippen MR) is 113 cm³/mol. The van der Waals surface area contributed by atoms with Crippen molar-refractivity contribution in [3.63, 3.8) is 0 Å². The number of hydrogen-bond donors (Lipinski definition) is 1. The highest BCUT2D eigenvalue weighted by atomic mass is 35.5. The second-order valence-corrected chi connectivity index (χ2v) is 7.70. The van der Waals surface area contributed by atoms with Gasteiger partial charge < -0.3 is 5.32 Å². The molecule has 0 fully saturated rings. The van der Waals surface area contributed by atoms with Gasteiger partial charge in [0.15, 0.2) is 11.5 Å². The van der Waals surface area contributed by atoms with E-state index in [0.29, 0.717) is 17.4 Å². The molecule has 11 heteroatoms. The first-order chi connectivity index (χ1) is 15.1. The molecule has 0 radical (unpaired) electrons. The second-order valence-electron chi connectivity index (χ2n) is 7.29. The van der Waals surface area contributed by atoms with Gasteiger partial charge in [0.05, 0.1) is 23.2 Å². The maximum Gasteiger partial charge on any atom is 0.417 e. The van der Waals surface area contributed by atoms with Crippen LogP contribution in [0.1, 0.15) is 22.5 Å². The maximum atomic E-state index is 13.5. The zero-order valence-electron chi connectivity index (χ0n) is 17.1. The van der Waals surface area contributed by atoms with Gasteiger partial charge >= 0.3 is 6.18 Å². The molecule has 0 bridgehead atoms. The minimum absolute atomic E-state index is 0.00854. The van der Waals surface area contributed by atoms with E-state index in [4.69, 9.17) is 11.6 Å². The van der Waals surface area contributed by atoms with E-state index in [1.807, 2.05) is 18.2 Å². The molecule has 0 saturated heterocycles. The number of halogens is 4. The Morgan fingerprint density at radius 3 is 2.62 bits per heavy atom. The number of amides is 1. The summed E-state index contributed by atoms with van der Waals surface area (Å²) < 4.78 is 43.2. The smallest absolute Gasteiger partial charge is 0.308 e. The summed E-state index contributed by atoms with van der Waals surface area (Å²) in [6, 6.07) is 9.94. The monoisotopic (exact) mass is 462 g/mol. The van der Waals surface area contributed by atoms with Crippen LogP contribution in [0.2, 0.25) is 5.02 Å². The Kier molecular flexibility index (Phi) is 5.64. The molecule has 0 aliphatic heterocycles. The molecule has 0 atom stereocenters. The lowest BCUT2D eigenvalue weighted by Gasteiger charge is -2.10. The van der Waals surface area contributed by atoms with Crippen molar-refractivity contribution in [2.75, 3.05) is 5.32 Å². The number of aryl methyl sites for hydroxylation is 2. The van der Waals surface area contributed by atoms with Crippen LogP contribution in [0.3, 0.4) is 0 Å². The van der Waals surface area contributed by atoms with Gasteiger partial charge in [-0.05, 0) is 31.5 Å².